The predicted octanol–water partition coefficient (Wildman–Crippen LogP) is 3.95. The number of benzene rings is 1. The van der Waals surface area contributed by atoms with Gasteiger partial charge in [0.15, 0.2) is 0 Å². The molecule has 1 heterocycles. The highest BCUT2D eigenvalue weighted by molar-refractivity contribution is 7.89. The maximum absolute atomic E-state index is 13.0. The van der Waals surface area contributed by atoms with Crippen LogP contribution in [0.15, 0.2) is 29.2 Å². The minimum atomic E-state index is -3.47. The third-order valence-electron chi connectivity index (χ3n) is 7.74. The molecule has 5 nitrogen and oxygen atoms in total. The highest BCUT2D eigenvalue weighted by Gasteiger charge is 2.51. The summed E-state index contributed by atoms with van der Waals surface area (Å²) >= 11 is 0. The third kappa shape index (κ3) is 3.74. The average molecular weight is 417 g/mol. The van der Waals surface area contributed by atoms with E-state index in [2.05, 4.69) is 5.32 Å². The van der Waals surface area contributed by atoms with Crippen molar-refractivity contribution < 1.29 is 13.2 Å². The highest BCUT2D eigenvalue weighted by atomic mass is 32.2. The number of sulfonamides is 1. The molecule has 1 amide bonds. The first-order valence-corrected chi connectivity index (χ1v) is 12.8. The topological polar surface area (TPSA) is 66.5 Å². The molecule has 0 radical (unpaired) electrons. The Balaban J connectivity index is 1.29. The molecule has 0 spiro atoms. The van der Waals surface area contributed by atoms with E-state index in [9.17, 15) is 13.2 Å². The average Bonchev–Trinajstić information content (AvgIpc) is 2.97. The van der Waals surface area contributed by atoms with Crippen LogP contribution < -0.4 is 5.32 Å². The van der Waals surface area contributed by atoms with Crippen LogP contribution in [0, 0.1) is 17.8 Å². The lowest BCUT2D eigenvalue weighted by Crippen LogP contribution is -2.59. The maximum Gasteiger partial charge on any atom is 0.251 e. The van der Waals surface area contributed by atoms with Gasteiger partial charge >= 0.3 is 0 Å². The number of hydrogen-bond acceptors (Lipinski definition) is 3. The Hall–Kier alpha value is -1.40. The van der Waals surface area contributed by atoms with Crippen LogP contribution >= 0.6 is 0 Å². The van der Waals surface area contributed by atoms with Gasteiger partial charge in [0.05, 0.1) is 4.90 Å². The second-order valence-corrected chi connectivity index (χ2v) is 11.9. The zero-order valence-corrected chi connectivity index (χ0v) is 17.9. The molecule has 0 unspecified atom stereocenters. The third-order valence-corrected chi connectivity index (χ3v) is 9.65. The number of nitrogens with one attached hydrogen (secondary N) is 1. The van der Waals surface area contributed by atoms with Gasteiger partial charge in [-0.1, -0.05) is 12.8 Å². The van der Waals surface area contributed by atoms with Gasteiger partial charge in [-0.2, -0.15) is 4.31 Å². The van der Waals surface area contributed by atoms with Crippen LogP contribution in [-0.2, 0) is 10.0 Å². The van der Waals surface area contributed by atoms with E-state index in [0.717, 1.165) is 62.7 Å². The number of hydrogen-bond donors (Lipinski definition) is 1. The largest absolute Gasteiger partial charge is 0.347 e. The molecule has 1 saturated heterocycles. The van der Waals surface area contributed by atoms with Gasteiger partial charge in [0.2, 0.25) is 10.0 Å². The van der Waals surface area contributed by atoms with Crippen LogP contribution in [0.25, 0.3) is 0 Å². The minimum Gasteiger partial charge on any atom is -0.347 e. The van der Waals surface area contributed by atoms with Gasteiger partial charge in [0.25, 0.3) is 5.91 Å². The van der Waals surface area contributed by atoms with Crippen molar-refractivity contribution in [2.45, 2.75) is 74.6 Å². The van der Waals surface area contributed by atoms with E-state index in [1.54, 1.807) is 28.6 Å². The molecule has 1 aliphatic heterocycles. The molecule has 4 saturated carbocycles. The maximum atomic E-state index is 13.0. The molecule has 29 heavy (non-hydrogen) atoms. The summed E-state index contributed by atoms with van der Waals surface area (Å²) < 4.78 is 27.5. The fraction of sp³-hybridized carbons (Fsp3) is 0.696. The standard InChI is InChI=1S/C23H32N2O3S/c26-22(24-23-14-17-11-18(15-23)13-19(12-17)16-23)20-5-7-21(8-6-20)29(27,28)25-9-3-1-2-4-10-25/h5-8,17-19H,1-4,9-16H2,(H,24,26). The monoisotopic (exact) mass is 416 g/mol. The predicted molar refractivity (Wildman–Crippen MR) is 112 cm³/mol. The summed E-state index contributed by atoms with van der Waals surface area (Å²) in [6, 6.07) is 6.57. The molecular formula is C23H32N2O3S. The van der Waals surface area contributed by atoms with Gasteiger partial charge in [0.1, 0.15) is 0 Å². The second kappa shape index (κ2) is 7.38. The molecule has 5 aliphatic rings. The second-order valence-electron chi connectivity index (χ2n) is 9.99. The molecule has 0 aromatic heterocycles. The van der Waals surface area contributed by atoms with E-state index in [0.29, 0.717) is 23.5 Å². The van der Waals surface area contributed by atoms with Crippen LogP contribution in [0.4, 0.5) is 0 Å². The Kier molecular flexibility index (Phi) is 4.98. The fourth-order valence-electron chi connectivity index (χ4n) is 6.79. The normalized spacial score (nSPS) is 34.7. The molecule has 6 heteroatoms. The molecule has 6 rings (SSSR count). The van der Waals surface area contributed by atoms with E-state index in [1.807, 2.05) is 0 Å². The molecular weight excluding hydrogens is 384 g/mol. The summed E-state index contributed by atoms with van der Waals surface area (Å²) in [6.07, 6.45) is 11.4. The van der Waals surface area contributed by atoms with Crippen molar-refractivity contribution in [2.75, 3.05) is 13.1 Å². The van der Waals surface area contributed by atoms with Gasteiger partial charge < -0.3 is 5.32 Å². The summed E-state index contributed by atoms with van der Waals surface area (Å²) in [5.41, 5.74) is 0.540. The van der Waals surface area contributed by atoms with Crippen molar-refractivity contribution in [3.8, 4) is 0 Å². The summed E-state index contributed by atoms with van der Waals surface area (Å²) in [5.74, 6) is 2.29. The first-order chi connectivity index (χ1) is 13.9. The van der Waals surface area contributed by atoms with Crippen molar-refractivity contribution in [2.24, 2.45) is 17.8 Å². The number of rotatable bonds is 4. The van der Waals surface area contributed by atoms with Gasteiger partial charge in [-0.15, -0.1) is 0 Å². The van der Waals surface area contributed by atoms with Crippen LogP contribution in [0.1, 0.15) is 74.6 Å². The van der Waals surface area contributed by atoms with Gasteiger partial charge in [-0.3, -0.25) is 4.79 Å². The molecule has 1 aromatic rings. The minimum absolute atomic E-state index is 0.0252. The van der Waals surface area contributed by atoms with Gasteiger partial charge in [0, 0.05) is 24.2 Å². The Morgan fingerprint density at radius 1 is 0.862 bits per heavy atom. The fourth-order valence-corrected chi connectivity index (χ4v) is 8.30. The smallest absolute Gasteiger partial charge is 0.251 e. The van der Waals surface area contributed by atoms with Crippen LogP contribution in [-0.4, -0.2) is 37.3 Å². The van der Waals surface area contributed by atoms with Crippen molar-refractivity contribution in [3.63, 3.8) is 0 Å². The van der Waals surface area contributed by atoms with Crippen molar-refractivity contribution in [1.29, 1.82) is 0 Å². The van der Waals surface area contributed by atoms with Crippen molar-refractivity contribution in [3.05, 3.63) is 29.8 Å². The lowest BCUT2D eigenvalue weighted by Gasteiger charge is -2.56. The van der Waals surface area contributed by atoms with E-state index in [1.165, 1.54) is 19.3 Å². The van der Waals surface area contributed by atoms with Gasteiger partial charge in [-0.25, -0.2) is 8.42 Å². The molecule has 5 fully saturated rings. The SMILES string of the molecule is O=C(NC12CC3CC(CC(C3)C1)C2)c1ccc(S(=O)(=O)N2CCCCCC2)cc1. The Morgan fingerprint density at radius 3 is 1.90 bits per heavy atom. The summed E-state index contributed by atoms with van der Waals surface area (Å²) in [6.45, 7) is 1.19. The van der Waals surface area contributed by atoms with Crippen LogP contribution in [0.3, 0.4) is 0 Å². The molecule has 0 atom stereocenters. The molecule has 158 valence electrons. The lowest BCUT2D eigenvalue weighted by atomic mass is 9.53. The van der Waals surface area contributed by atoms with Crippen molar-refractivity contribution in [1.82, 2.24) is 9.62 Å². The number of carbonyl (C=O) groups excluding carboxylic acids is 1. The van der Waals surface area contributed by atoms with Crippen LogP contribution in [0.2, 0.25) is 0 Å². The quantitative estimate of drug-likeness (QED) is 0.808. The molecule has 1 N–H and O–H groups in total. The summed E-state index contributed by atoms with van der Waals surface area (Å²) in [7, 11) is -3.47. The summed E-state index contributed by atoms with van der Waals surface area (Å²) in [5, 5.41) is 3.37. The number of amides is 1. The van der Waals surface area contributed by atoms with Crippen molar-refractivity contribution >= 4 is 15.9 Å². The first kappa shape index (κ1) is 19.6. The van der Waals surface area contributed by atoms with E-state index in [4.69, 9.17) is 0 Å². The molecule has 4 bridgehead atoms. The molecule has 1 aromatic carbocycles. The van der Waals surface area contributed by atoms with E-state index in [-0.39, 0.29) is 11.4 Å². The van der Waals surface area contributed by atoms with Gasteiger partial charge in [-0.05, 0) is 93.4 Å². The highest BCUT2D eigenvalue weighted by Crippen LogP contribution is 2.55. The van der Waals surface area contributed by atoms with E-state index < -0.39 is 10.0 Å². The zero-order valence-electron chi connectivity index (χ0n) is 17.1. The first-order valence-electron chi connectivity index (χ1n) is 11.4. The van der Waals surface area contributed by atoms with E-state index >= 15 is 0 Å². The number of nitrogens with zero attached hydrogens (tertiary/aromatic N) is 1. The Bertz CT molecular complexity index is 835. The zero-order chi connectivity index (χ0) is 20.1. The Labute approximate surface area is 174 Å². The lowest BCUT2D eigenvalue weighted by molar-refractivity contribution is -0.0167. The number of carbonyl (C=O) groups is 1. The molecule has 4 aliphatic carbocycles. The van der Waals surface area contributed by atoms with Crippen LogP contribution in [0.5, 0.6) is 0 Å². The summed E-state index contributed by atoms with van der Waals surface area (Å²) in [4.78, 5) is 13.3. The Morgan fingerprint density at radius 2 is 1.38 bits per heavy atom.